The third-order valence-corrected chi connectivity index (χ3v) is 6.42. The average Bonchev–Trinajstić information content (AvgIpc) is 2.85. The molecule has 0 saturated carbocycles. The van der Waals surface area contributed by atoms with Gasteiger partial charge in [0.1, 0.15) is 23.3 Å². The van der Waals surface area contributed by atoms with Gasteiger partial charge in [-0.05, 0) is 57.9 Å². The fourth-order valence-corrected chi connectivity index (χ4v) is 3.94. The number of nitrogens with zero attached hydrogens (tertiary/aromatic N) is 2. The van der Waals surface area contributed by atoms with Gasteiger partial charge in [-0.25, -0.2) is 9.59 Å². The molecule has 6 nitrogen and oxygen atoms in total. The molecule has 0 atom stereocenters. The maximum Gasteiger partial charge on any atom is 0.348 e. The van der Waals surface area contributed by atoms with Crippen LogP contribution in [0.2, 0.25) is 0 Å². The molecule has 1 heterocycles. The van der Waals surface area contributed by atoms with Crippen molar-refractivity contribution < 1.29 is 19.1 Å². The number of nitriles is 2. The first-order valence-electron chi connectivity index (χ1n) is 6.95. The number of rotatable bonds is 6. The lowest BCUT2D eigenvalue weighted by molar-refractivity contribution is -0.138. The molecule has 0 aromatic carbocycles. The summed E-state index contributed by atoms with van der Waals surface area (Å²) >= 11 is 7.89. The Labute approximate surface area is 165 Å². The molecule has 0 aliphatic carbocycles. The van der Waals surface area contributed by atoms with E-state index < -0.39 is 11.9 Å². The second-order valence-corrected chi connectivity index (χ2v) is 6.91. The van der Waals surface area contributed by atoms with Crippen molar-refractivity contribution in [3.63, 3.8) is 0 Å². The highest BCUT2D eigenvalue weighted by Gasteiger charge is 2.18. The van der Waals surface area contributed by atoms with E-state index in [1.165, 1.54) is 23.5 Å². The van der Waals surface area contributed by atoms with Crippen molar-refractivity contribution in [3.05, 3.63) is 29.8 Å². The lowest BCUT2D eigenvalue weighted by atomic mass is 10.2. The molecule has 0 radical (unpaired) electrons. The molecule has 0 aliphatic rings. The van der Waals surface area contributed by atoms with Gasteiger partial charge in [0, 0.05) is 9.75 Å². The summed E-state index contributed by atoms with van der Waals surface area (Å²) in [4.78, 5) is 24.5. The zero-order chi connectivity index (χ0) is 19.0. The summed E-state index contributed by atoms with van der Waals surface area (Å²) < 4.78 is 10.8. The molecule has 130 valence electrons. The average molecular weight is 488 g/mol. The van der Waals surface area contributed by atoms with Crippen LogP contribution in [0.15, 0.2) is 20.1 Å². The predicted molar refractivity (Wildman–Crippen MR) is 100 cm³/mol. The van der Waals surface area contributed by atoms with Gasteiger partial charge in [-0.3, -0.25) is 0 Å². The molecule has 0 aliphatic heterocycles. The molecule has 0 spiro atoms. The van der Waals surface area contributed by atoms with Crippen molar-refractivity contribution in [2.24, 2.45) is 0 Å². The number of hydrogen-bond donors (Lipinski definition) is 0. The van der Waals surface area contributed by atoms with Crippen LogP contribution in [-0.2, 0) is 19.1 Å². The lowest BCUT2D eigenvalue weighted by Crippen LogP contribution is -2.05. The molecule has 0 bridgehead atoms. The van der Waals surface area contributed by atoms with Gasteiger partial charge in [0.05, 0.1) is 22.2 Å². The number of carbonyl (C=O) groups is 2. The Morgan fingerprint density at radius 2 is 1.32 bits per heavy atom. The van der Waals surface area contributed by atoms with E-state index in [1.54, 1.807) is 26.0 Å². The summed E-state index contributed by atoms with van der Waals surface area (Å²) in [6, 6.07) is 3.59. The van der Waals surface area contributed by atoms with E-state index in [0.29, 0.717) is 18.7 Å². The third kappa shape index (κ3) is 5.53. The monoisotopic (exact) mass is 486 g/mol. The first-order valence-corrected chi connectivity index (χ1v) is 9.35. The van der Waals surface area contributed by atoms with Crippen molar-refractivity contribution in [1.82, 2.24) is 0 Å². The van der Waals surface area contributed by atoms with Crippen LogP contribution < -0.4 is 0 Å². The highest BCUT2D eigenvalue weighted by atomic mass is 79.9. The molecule has 0 amide bonds. The van der Waals surface area contributed by atoms with Crippen LogP contribution in [0.3, 0.4) is 0 Å². The van der Waals surface area contributed by atoms with Gasteiger partial charge in [0.15, 0.2) is 0 Å². The summed E-state index contributed by atoms with van der Waals surface area (Å²) in [6.07, 6.45) is 2.76. The van der Waals surface area contributed by atoms with Crippen molar-refractivity contribution in [1.29, 1.82) is 10.5 Å². The van der Waals surface area contributed by atoms with Gasteiger partial charge < -0.3 is 9.47 Å². The lowest BCUT2D eigenvalue weighted by Gasteiger charge is -1.98. The van der Waals surface area contributed by atoms with Gasteiger partial charge in [0.25, 0.3) is 0 Å². The van der Waals surface area contributed by atoms with Crippen LogP contribution in [0.1, 0.15) is 23.6 Å². The smallest absolute Gasteiger partial charge is 0.348 e. The van der Waals surface area contributed by atoms with E-state index in [-0.39, 0.29) is 24.4 Å². The first-order chi connectivity index (χ1) is 11.9. The minimum atomic E-state index is -0.720. The second kappa shape index (κ2) is 10.1. The Kier molecular flexibility index (Phi) is 8.56. The fourth-order valence-electron chi connectivity index (χ4n) is 1.56. The number of esters is 2. The number of ether oxygens (including phenoxy) is 2. The largest absolute Gasteiger partial charge is 0.462 e. The number of halogens is 2. The molecule has 1 rings (SSSR count). The number of hydrogen-bond acceptors (Lipinski definition) is 7. The Morgan fingerprint density at radius 3 is 1.60 bits per heavy atom. The number of thiophene rings is 1. The summed E-state index contributed by atoms with van der Waals surface area (Å²) in [5.41, 5.74) is -0.310. The highest BCUT2D eigenvalue weighted by Crippen LogP contribution is 2.40. The third-order valence-electron chi connectivity index (χ3n) is 2.63. The zero-order valence-corrected chi connectivity index (χ0v) is 17.2. The molecule has 0 N–H and O–H groups in total. The van der Waals surface area contributed by atoms with E-state index in [9.17, 15) is 9.59 Å². The van der Waals surface area contributed by atoms with E-state index in [1.807, 2.05) is 0 Å². The van der Waals surface area contributed by atoms with Gasteiger partial charge in [-0.2, -0.15) is 10.5 Å². The van der Waals surface area contributed by atoms with Crippen LogP contribution in [0.25, 0.3) is 12.2 Å². The normalized spacial score (nSPS) is 11.4. The maximum absolute atomic E-state index is 11.7. The van der Waals surface area contributed by atoms with Crippen molar-refractivity contribution in [3.8, 4) is 12.1 Å². The van der Waals surface area contributed by atoms with Gasteiger partial charge >= 0.3 is 11.9 Å². The molecule has 0 unspecified atom stereocenters. The summed E-state index contributed by atoms with van der Waals surface area (Å²) in [5.74, 6) is -1.44. The highest BCUT2D eigenvalue weighted by molar-refractivity contribution is 9.13. The fraction of sp³-hybridized carbons (Fsp3) is 0.250. The van der Waals surface area contributed by atoms with E-state index in [2.05, 4.69) is 31.9 Å². The Hall–Kier alpha value is -1.94. The van der Waals surface area contributed by atoms with E-state index in [0.717, 1.165) is 0 Å². The molecule has 1 aromatic heterocycles. The van der Waals surface area contributed by atoms with Crippen molar-refractivity contribution in [2.45, 2.75) is 13.8 Å². The molecule has 25 heavy (non-hydrogen) atoms. The second-order valence-electron chi connectivity index (χ2n) is 4.24. The summed E-state index contributed by atoms with van der Waals surface area (Å²) in [7, 11) is 0. The Morgan fingerprint density at radius 1 is 0.960 bits per heavy atom. The topological polar surface area (TPSA) is 100 Å². The quantitative estimate of drug-likeness (QED) is 0.338. The standard InChI is InChI=1S/C16H12Br2N2O4S/c1-3-23-15(21)9(7-19)5-11-13(17)14(18)12(25-11)6-10(8-20)16(22)24-4-2/h5-6H,3-4H2,1-2H3/b9-5-,10-6-. The first kappa shape index (κ1) is 21.1. The van der Waals surface area contributed by atoms with E-state index >= 15 is 0 Å². The van der Waals surface area contributed by atoms with Crippen molar-refractivity contribution in [2.75, 3.05) is 13.2 Å². The molecule has 0 saturated heterocycles. The van der Waals surface area contributed by atoms with Crippen LogP contribution >= 0.6 is 43.2 Å². The summed E-state index contributed by atoms with van der Waals surface area (Å²) in [6.45, 7) is 3.61. The van der Waals surface area contributed by atoms with Crippen LogP contribution in [0.5, 0.6) is 0 Å². The van der Waals surface area contributed by atoms with Crippen LogP contribution in [0.4, 0.5) is 0 Å². The SMILES string of the molecule is CCOC(=O)/C(C#N)=C\c1sc(/C=C(/C#N)C(=O)OCC)c(Br)c1Br. The molecular weight excluding hydrogens is 476 g/mol. The molecular formula is C16H12Br2N2O4S. The Bertz CT molecular complexity index is 762. The Balaban J connectivity index is 3.32. The van der Waals surface area contributed by atoms with Gasteiger partial charge in [0.2, 0.25) is 0 Å². The van der Waals surface area contributed by atoms with E-state index in [4.69, 9.17) is 20.0 Å². The van der Waals surface area contributed by atoms with Gasteiger partial charge in [-0.1, -0.05) is 0 Å². The maximum atomic E-state index is 11.7. The number of carbonyl (C=O) groups excluding carboxylic acids is 2. The summed E-state index contributed by atoms with van der Waals surface area (Å²) in [5, 5.41) is 18.2. The molecule has 0 fully saturated rings. The van der Waals surface area contributed by atoms with Crippen LogP contribution in [0, 0.1) is 22.7 Å². The minimum Gasteiger partial charge on any atom is -0.462 e. The minimum absolute atomic E-state index is 0.155. The predicted octanol–water partition coefficient (Wildman–Crippen LogP) is 4.21. The molecule has 9 heteroatoms. The van der Waals surface area contributed by atoms with Gasteiger partial charge in [-0.15, -0.1) is 11.3 Å². The molecule has 1 aromatic rings. The van der Waals surface area contributed by atoms with Crippen molar-refractivity contribution >= 4 is 67.3 Å². The van der Waals surface area contributed by atoms with Crippen LogP contribution in [-0.4, -0.2) is 25.2 Å². The zero-order valence-electron chi connectivity index (χ0n) is 13.3.